The van der Waals surface area contributed by atoms with Gasteiger partial charge in [0.05, 0.1) is 5.69 Å². The molecule has 16 heavy (non-hydrogen) atoms. The van der Waals surface area contributed by atoms with E-state index in [0.29, 0.717) is 4.47 Å². The number of esters is 2. The molecular weight excluding hydrogens is 281 g/mol. The Bertz CT molecular complexity index is 427. The molecule has 0 bridgehead atoms. The van der Waals surface area contributed by atoms with Crippen LogP contribution < -0.4 is 4.90 Å². The van der Waals surface area contributed by atoms with Crippen LogP contribution >= 0.6 is 15.9 Å². The van der Waals surface area contributed by atoms with Crippen LogP contribution in [-0.4, -0.2) is 25.0 Å². The second-order valence-electron chi connectivity index (χ2n) is 3.27. The van der Waals surface area contributed by atoms with Crippen molar-refractivity contribution in [1.29, 1.82) is 0 Å². The van der Waals surface area contributed by atoms with Crippen LogP contribution in [0, 0.1) is 5.82 Å². The van der Waals surface area contributed by atoms with Gasteiger partial charge in [0.1, 0.15) is 18.9 Å². The molecule has 84 valence electrons. The van der Waals surface area contributed by atoms with E-state index in [1.54, 1.807) is 6.07 Å². The van der Waals surface area contributed by atoms with Gasteiger partial charge in [-0.05, 0) is 28.1 Å². The van der Waals surface area contributed by atoms with Crippen molar-refractivity contribution >= 4 is 33.6 Å². The summed E-state index contributed by atoms with van der Waals surface area (Å²) < 4.78 is 18.4. The van der Waals surface area contributed by atoms with E-state index in [2.05, 4.69) is 20.7 Å². The molecule has 0 atom stereocenters. The summed E-state index contributed by atoms with van der Waals surface area (Å²) >= 11 is 3.18. The fraction of sp³-hybridized carbons (Fsp3) is 0.200. The molecule has 1 aromatic rings. The van der Waals surface area contributed by atoms with Gasteiger partial charge in [0, 0.05) is 4.47 Å². The Morgan fingerprint density at radius 2 is 1.88 bits per heavy atom. The van der Waals surface area contributed by atoms with Gasteiger partial charge in [-0.25, -0.2) is 14.0 Å². The van der Waals surface area contributed by atoms with Crippen LogP contribution in [0.3, 0.4) is 0 Å². The number of para-hydroxylation sites is 1. The number of hydrogen-bond acceptors (Lipinski definition) is 4. The van der Waals surface area contributed by atoms with E-state index in [-0.39, 0.29) is 18.8 Å². The molecule has 0 unspecified atom stereocenters. The highest BCUT2D eigenvalue weighted by molar-refractivity contribution is 9.10. The molecule has 4 nitrogen and oxygen atoms in total. The third-order valence-electron chi connectivity index (χ3n) is 2.12. The second kappa shape index (κ2) is 4.21. The van der Waals surface area contributed by atoms with Crippen molar-refractivity contribution < 1.29 is 18.7 Å². The number of nitrogens with zero attached hydrogens (tertiary/aromatic N) is 1. The van der Waals surface area contributed by atoms with Gasteiger partial charge in [-0.2, -0.15) is 0 Å². The highest BCUT2D eigenvalue weighted by atomic mass is 79.9. The zero-order valence-corrected chi connectivity index (χ0v) is 9.66. The van der Waals surface area contributed by atoms with Crippen LogP contribution in [0.15, 0.2) is 22.7 Å². The lowest BCUT2D eigenvalue weighted by atomic mass is 10.2. The van der Waals surface area contributed by atoms with Gasteiger partial charge in [-0.15, -0.1) is 0 Å². The maximum absolute atomic E-state index is 13.6. The molecule has 0 radical (unpaired) electrons. The number of cyclic esters (lactones) is 2. The predicted molar refractivity (Wildman–Crippen MR) is 57.4 cm³/mol. The van der Waals surface area contributed by atoms with Gasteiger partial charge in [-0.1, -0.05) is 6.07 Å². The zero-order chi connectivity index (χ0) is 11.7. The van der Waals surface area contributed by atoms with Crippen molar-refractivity contribution in [2.45, 2.75) is 0 Å². The molecule has 0 N–H and O–H groups in total. The fourth-order valence-corrected chi connectivity index (χ4v) is 2.10. The number of hydrogen-bond donors (Lipinski definition) is 0. The molecule has 0 spiro atoms. The number of halogens is 2. The molecule has 1 aromatic carbocycles. The number of benzene rings is 1. The smallest absolute Gasteiger partial charge is 0.333 e. The normalized spacial score (nSPS) is 16.2. The minimum absolute atomic E-state index is 0.134. The Kier molecular flexibility index (Phi) is 2.91. The van der Waals surface area contributed by atoms with Crippen molar-refractivity contribution in [3.63, 3.8) is 0 Å². The SMILES string of the molecule is O=C1CN(c2c(F)cccc2Br)CC(=O)O1. The van der Waals surface area contributed by atoms with E-state index >= 15 is 0 Å². The highest BCUT2D eigenvalue weighted by Crippen LogP contribution is 2.29. The minimum atomic E-state index is -0.675. The Balaban J connectivity index is 2.36. The first-order valence-corrected chi connectivity index (χ1v) is 5.29. The average molecular weight is 288 g/mol. The lowest BCUT2D eigenvalue weighted by Crippen LogP contribution is -2.43. The quantitative estimate of drug-likeness (QED) is 0.580. The lowest BCUT2D eigenvalue weighted by Gasteiger charge is -2.27. The van der Waals surface area contributed by atoms with Crippen LogP contribution in [-0.2, 0) is 14.3 Å². The molecule has 6 heteroatoms. The molecule has 0 aliphatic carbocycles. The van der Waals surface area contributed by atoms with E-state index in [9.17, 15) is 14.0 Å². The minimum Gasteiger partial charge on any atom is -0.390 e. The number of morpholine rings is 1. The van der Waals surface area contributed by atoms with Crippen LogP contribution in [0.2, 0.25) is 0 Å². The maximum atomic E-state index is 13.6. The van der Waals surface area contributed by atoms with Gasteiger partial charge < -0.3 is 9.64 Å². The predicted octanol–water partition coefficient (Wildman–Crippen LogP) is 1.48. The summed E-state index contributed by atoms with van der Waals surface area (Å²) in [6.07, 6.45) is 0. The number of carbonyl (C=O) groups excluding carboxylic acids is 2. The molecule has 1 saturated heterocycles. The molecule has 1 heterocycles. The van der Waals surface area contributed by atoms with Crippen LogP contribution in [0.4, 0.5) is 10.1 Å². The monoisotopic (exact) mass is 287 g/mol. The van der Waals surface area contributed by atoms with Gasteiger partial charge in [0.2, 0.25) is 0 Å². The van der Waals surface area contributed by atoms with Gasteiger partial charge in [0.15, 0.2) is 0 Å². The topological polar surface area (TPSA) is 46.6 Å². The summed E-state index contributed by atoms with van der Waals surface area (Å²) in [5.74, 6) is -1.84. The largest absolute Gasteiger partial charge is 0.390 e. The third kappa shape index (κ3) is 2.06. The summed E-state index contributed by atoms with van der Waals surface area (Å²) in [6, 6.07) is 4.44. The summed E-state index contributed by atoms with van der Waals surface area (Å²) in [6.45, 7) is -0.267. The number of carbonyl (C=O) groups is 2. The van der Waals surface area contributed by atoms with Crippen LogP contribution in [0.5, 0.6) is 0 Å². The number of rotatable bonds is 1. The first kappa shape index (κ1) is 11.1. The highest BCUT2D eigenvalue weighted by Gasteiger charge is 2.27. The van der Waals surface area contributed by atoms with E-state index in [1.807, 2.05) is 0 Å². The van der Waals surface area contributed by atoms with E-state index in [0.717, 1.165) is 0 Å². The number of anilines is 1. The fourth-order valence-electron chi connectivity index (χ4n) is 1.51. The van der Waals surface area contributed by atoms with Crippen molar-refractivity contribution in [1.82, 2.24) is 0 Å². The van der Waals surface area contributed by atoms with Crippen molar-refractivity contribution in [2.24, 2.45) is 0 Å². The molecule has 1 aliphatic heterocycles. The third-order valence-corrected chi connectivity index (χ3v) is 2.76. The lowest BCUT2D eigenvalue weighted by molar-refractivity contribution is -0.160. The zero-order valence-electron chi connectivity index (χ0n) is 8.07. The van der Waals surface area contributed by atoms with Crippen molar-refractivity contribution in [3.8, 4) is 0 Å². The number of ether oxygens (including phenoxy) is 1. The van der Waals surface area contributed by atoms with Crippen LogP contribution in [0.25, 0.3) is 0 Å². The summed E-state index contributed by atoms with van der Waals surface area (Å²) in [4.78, 5) is 23.5. The molecular formula is C10H7BrFNO3. The Labute approximate surface area is 99.1 Å². The molecule has 1 aliphatic rings. The molecule has 2 rings (SSSR count). The summed E-state index contributed by atoms with van der Waals surface area (Å²) in [5, 5.41) is 0. The van der Waals surface area contributed by atoms with Gasteiger partial charge in [-0.3, -0.25) is 0 Å². The Morgan fingerprint density at radius 3 is 2.44 bits per heavy atom. The van der Waals surface area contributed by atoms with Crippen LogP contribution in [0.1, 0.15) is 0 Å². The van der Waals surface area contributed by atoms with Gasteiger partial charge >= 0.3 is 11.9 Å². The first-order chi connectivity index (χ1) is 7.58. The Hall–Kier alpha value is -1.43. The Morgan fingerprint density at radius 1 is 1.25 bits per heavy atom. The van der Waals surface area contributed by atoms with E-state index in [1.165, 1.54) is 17.0 Å². The summed E-state index contributed by atoms with van der Waals surface area (Å²) in [5.41, 5.74) is 0.201. The first-order valence-electron chi connectivity index (χ1n) is 4.50. The van der Waals surface area contributed by atoms with E-state index in [4.69, 9.17) is 0 Å². The molecule has 0 amide bonds. The van der Waals surface area contributed by atoms with Crippen molar-refractivity contribution in [3.05, 3.63) is 28.5 Å². The van der Waals surface area contributed by atoms with Crippen molar-refractivity contribution in [2.75, 3.05) is 18.0 Å². The van der Waals surface area contributed by atoms with Gasteiger partial charge in [0.25, 0.3) is 0 Å². The average Bonchev–Trinajstić information content (AvgIpc) is 2.15. The second-order valence-corrected chi connectivity index (χ2v) is 4.13. The summed E-state index contributed by atoms with van der Waals surface area (Å²) in [7, 11) is 0. The maximum Gasteiger partial charge on any atom is 0.333 e. The standard InChI is InChI=1S/C10H7BrFNO3/c11-6-2-1-3-7(12)10(6)13-4-8(14)16-9(15)5-13/h1-3H,4-5H2. The van der Waals surface area contributed by atoms with E-state index < -0.39 is 17.8 Å². The molecule has 0 aromatic heterocycles. The molecule has 0 saturated carbocycles. The molecule has 1 fully saturated rings.